The average molecular weight is 334 g/mol. The minimum Gasteiger partial charge on any atom is -0.394 e. The van der Waals surface area contributed by atoms with Crippen LogP contribution in [-0.2, 0) is 11.8 Å². The molecular weight excluding hydrogens is 312 g/mol. The van der Waals surface area contributed by atoms with Crippen molar-refractivity contribution in [1.29, 1.82) is 5.26 Å². The Morgan fingerprint density at radius 3 is 2.32 bits per heavy atom. The number of aliphatic hydroxyl groups excluding tert-OH is 1. The smallest absolute Gasteiger partial charge is 0.251 e. The van der Waals surface area contributed by atoms with Gasteiger partial charge in [0.25, 0.3) is 5.91 Å². The number of rotatable bonds is 6. The summed E-state index contributed by atoms with van der Waals surface area (Å²) < 4.78 is 0. The van der Waals surface area contributed by atoms with Crippen molar-refractivity contribution in [3.8, 4) is 6.07 Å². The van der Waals surface area contributed by atoms with Crippen molar-refractivity contribution in [2.24, 2.45) is 0 Å². The summed E-state index contributed by atoms with van der Waals surface area (Å²) in [7, 11) is 0. The second kappa shape index (κ2) is 7.08. The van der Waals surface area contributed by atoms with Gasteiger partial charge in [-0.2, -0.15) is 5.26 Å². The Hall–Kier alpha value is -2.64. The van der Waals surface area contributed by atoms with Crippen LogP contribution in [0, 0.1) is 11.3 Å². The van der Waals surface area contributed by atoms with Gasteiger partial charge in [-0.05, 0) is 48.1 Å². The summed E-state index contributed by atoms with van der Waals surface area (Å²) in [5, 5.41) is 21.8. The first-order valence-electron chi connectivity index (χ1n) is 8.64. The molecule has 0 saturated heterocycles. The highest BCUT2D eigenvalue weighted by atomic mass is 16.3. The number of aryl methyl sites for hydroxylation is 1. The number of nitriles is 1. The van der Waals surface area contributed by atoms with Crippen molar-refractivity contribution in [3.63, 3.8) is 0 Å². The summed E-state index contributed by atoms with van der Waals surface area (Å²) in [6, 6.07) is 17.0. The van der Waals surface area contributed by atoms with Gasteiger partial charge in [-0.3, -0.25) is 4.79 Å². The number of carbonyl (C=O) groups excluding carboxylic acids is 1. The minimum absolute atomic E-state index is 0.160. The van der Waals surface area contributed by atoms with Gasteiger partial charge in [0, 0.05) is 5.56 Å². The Bertz CT molecular complexity index is 784. The lowest BCUT2D eigenvalue weighted by molar-refractivity contribution is 0.0916. The summed E-state index contributed by atoms with van der Waals surface area (Å²) in [6.07, 6.45) is 2.72. The number of hydrogen-bond acceptors (Lipinski definition) is 3. The Kier molecular flexibility index (Phi) is 4.87. The van der Waals surface area contributed by atoms with Crippen LogP contribution in [0.15, 0.2) is 48.5 Å². The van der Waals surface area contributed by atoms with E-state index in [1.165, 1.54) is 5.56 Å². The highest BCUT2D eigenvalue weighted by Gasteiger charge is 2.44. The van der Waals surface area contributed by atoms with Gasteiger partial charge in [0.2, 0.25) is 0 Å². The predicted molar refractivity (Wildman–Crippen MR) is 96.1 cm³/mol. The van der Waals surface area contributed by atoms with E-state index in [0.717, 1.165) is 30.4 Å². The number of hydrogen-bond donors (Lipinski definition) is 2. The zero-order chi connectivity index (χ0) is 17.9. The molecule has 2 aromatic carbocycles. The van der Waals surface area contributed by atoms with E-state index in [2.05, 4.69) is 18.3 Å². The lowest BCUT2D eigenvalue weighted by Crippen LogP contribution is -2.30. The van der Waals surface area contributed by atoms with Crippen molar-refractivity contribution >= 4 is 5.91 Å². The van der Waals surface area contributed by atoms with Crippen LogP contribution >= 0.6 is 0 Å². The van der Waals surface area contributed by atoms with E-state index in [9.17, 15) is 15.2 Å². The summed E-state index contributed by atoms with van der Waals surface area (Å²) in [5.74, 6) is -0.230. The molecule has 1 fully saturated rings. The average Bonchev–Trinajstić information content (AvgIpc) is 3.47. The normalized spacial score (nSPS) is 15.9. The molecule has 4 heteroatoms. The molecule has 1 saturated carbocycles. The van der Waals surface area contributed by atoms with Gasteiger partial charge in [0.1, 0.15) is 0 Å². The van der Waals surface area contributed by atoms with Crippen LogP contribution in [0.5, 0.6) is 0 Å². The maximum absolute atomic E-state index is 12.5. The topological polar surface area (TPSA) is 73.1 Å². The van der Waals surface area contributed by atoms with Gasteiger partial charge in [-0.25, -0.2) is 0 Å². The number of carbonyl (C=O) groups is 1. The summed E-state index contributed by atoms with van der Waals surface area (Å²) in [4.78, 5) is 12.5. The van der Waals surface area contributed by atoms with Crippen LogP contribution in [0.4, 0.5) is 0 Å². The quantitative estimate of drug-likeness (QED) is 0.851. The third-order valence-corrected chi connectivity index (χ3v) is 4.94. The van der Waals surface area contributed by atoms with Crippen LogP contribution in [-0.4, -0.2) is 17.6 Å². The number of nitrogens with one attached hydrogen (secondary N) is 1. The number of aliphatic hydroxyl groups is 1. The van der Waals surface area contributed by atoms with Gasteiger partial charge >= 0.3 is 0 Å². The Balaban J connectivity index is 1.70. The summed E-state index contributed by atoms with van der Waals surface area (Å²) in [5.41, 5.74) is 3.25. The molecule has 0 spiro atoms. The third kappa shape index (κ3) is 3.57. The molecule has 0 radical (unpaired) electrons. The monoisotopic (exact) mass is 334 g/mol. The van der Waals surface area contributed by atoms with Gasteiger partial charge in [0.15, 0.2) is 0 Å². The first-order valence-corrected chi connectivity index (χ1v) is 8.64. The largest absolute Gasteiger partial charge is 0.394 e. The van der Waals surface area contributed by atoms with E-state index < -0.39 is 6.04 Å². The maximum atomic E-state index is 12.5. The zero-order valence-electron chi connectivity index (χ0n) is 14.3. The molecule has 0 bridgehead atoms. The van der Waals surface area contributed by atoms with E-state index in [-0.39, 0.29) is 17.9 Å². The first kappa shape index (κ1) is 17.2. The zero-order valence-corrected chi connectivity index (χ0v) is 14.3. The molecule has 1 unspecified atom stereocenters. The molecule has 1 amide bonds. The number of benzene rings is 2. The summed E-state index contributed by atoms with van der Waals surface area (Å²) in [6.45, 7) is 1.93. The first-order chi connectivity index (χ1) is 12.1. The van der Waals surface area contributed by atoms with Gasteiger partial charge in [-0.1, -0.05) is 43.3 Å². The van der Waals surface area contributed by atoms with Crippen LogP contribution in [0.2, 0.25) is 0 Å². The maximum Gasteiger partial charge on any atom is 0.251 e. The number of nitrogens with zero attached hydrogens (tertiary/aromatic N) is 1. The van der Waals surface area contributed by atoms with Crippen molar-refractivity contribution in [2.45, 2.75) is 37.6 Å². The van der Waals surface area contributed by atoms with Crippen molar-refractivity contribution in [1.82, 2.24) is 5.32 Å². The van der Waals surface area contributed by atoms with E-state index in [4.69, 9.17) is 0 Å². The second-order valence-electron chi connectivity index (χ2n) is 6.58. The lowest BCUT2D eigenvalue weighted by Gasteiger charge is -2.17. The van der Waals surface area contributed by atoms with Gasteiger partial charge in [-0.15, -0.1) is 0 Å². The fourth-order valence-corrected chi connectivity index (χ4v) is 2.99. The van der Waals surface area contributed by atoms with Crippen LogP contribution < -0.4 is 5.32 Å². The molecule has 25 heavy (non-hydrogen) atoms. The molecule has 1 aliphatic rings. The van der Waals surface area contributed by atoms with E-state index in [0.29, 0.717) is 5.56 Å². The molecule has 0 aromatic heterocycles. The lowest BCUT2D eigenvalue weighted by atomic mass is 9.96. The van der Waals surface area contributed by atoms with Gasteiger partial charge < -0.3 is 10.4 Å². The standard InChI is InChI=1S/C21H22N2O2/c1-2-15-3-5-16(6-4-15)19(13-24)23-20(25)17-7-9-18(10-8-17)21(14-22)11-12-21/h3-10,19,24H,2,11-13H2,1H3,(H,23,25). The van der Waals surface area contributed by atoms with Gasteiger partial charge in [0.05, 0.1) is 24.1 Å². The van der Waals surface area contributed by atoms with E-state index >= 15 is 0 Å². The highest BCUT2D eigenvalue weighted by molar-refractivity contribution is 5.94. The molecule has 2 aromatic rings. The third-order valence-electron chi connectivity index (χ3n) is 4.94. The fraction of sp³-hybridized carbons (Fsp3) is 0.333. The predicted octanol–water partition coefficient (Wildman–Crippen LogP) is 3.27. The van der Waals surface area contributed by atoms with E-state index in [1.807, 2.05) is 36.4 Å². The summed E-state index contributed by atoms with van der Waals surface area (Å²) >= 11 is 0. The molecule has 1 atom stereocenters. The molecule has 2 N–H and O–H groups in total. The number of amides is 1. The van der Waals surface area contributed by atoms with Crippen LogP contribution in [0.1, 0.15) is 52.9 Å². The van der Waals surface area contributed by atoms with E-state index in [1.54, 1.807) is 12.1 Å². The molecular formula is C21H22N2O2. The molecule has 1 aliphatic carbocycles. The minimum atomic E-state index is -0.438. The molecule has 0 heterocycles. The van der Waals surface area contributed by atoms with Crippen LogP contribution in [0.3, 0.4) is 0 Å². The molecule has 4 nitrogen and oxygen atoms in total. The van der Waals surface area contributed by atoms with Crippen molar-refractivity contribution in [3.05, 3.63) is 70.8 Å². The van der Waals surface area contributed by atoms with Crippen LogP contribution in [0.25, 0.3) is 0 Å². The SMILES string of the molecule is CCc1ccc(C(CO)NC(=O)c2ccc(C3(C#N)CC3)cc2)cc1. The molecule has 0 aliphatic heterocycles. The molecule has 3 rings (SSSR count). The highest BCUT2D eigenvalue weighted by Crippen LogP contribution is 2.47. The Morgan fingerprint density at radius 1 is 1.20 bits per heavy atom. The fourth-order valence-electron chi connectivity index (χ4n) is 2.99. The Morgan fingerprint density at radius 2 is 1.84 bits per heavy atom. The van der Waals surface area contributed by atoms with Crippen molar-refractivity contribution < 1.29 is 9.90 Å². The Labute approximate surface area is 148 Å². The molecule has 128 valence electrons. The second-order valence-corrected chi connectivity index (χ2v) is 6.58. The van der Waals surface area contributed by atoms with Crippen molar-refractivity contribution in [2.75, 3.05) is 6.61 Å².